The van der Waals surface area contributed by atoms with Crippen molar-refractivity contribution >= 4 is 28.4 Å². The summed E-state index contributed by atoms with van der Waals surface area (Å²) in [6, 6.07) is 17.6. The molecule has 0 radical (unpaired) electrons. The van der Waals surface area contributed by atoms with Crippen molar-refractivity contribution in [1.29, 1.82) is 5.26 Å². The van der Waals surface area contributed by atoms with E-state index in [1.54, 1.807) is 0 Å². The van der Waals surface area contributed by atoms with Gasteiger partial charge in [-0.1, -0.05) is 36.4 Å². The zero-order valence-electron chi connectivity index (χ0n) is 24.1. The van der Waals surface area contributed by atoms with Gasteiger partial charge in [0, 0.05) is 54.3 Å². The second-order valence-electron chi connectivity index (χ2n) is 12.3. The molecule has 10 heteroatoms. The number of fused-ring (bicyclic) bond motifs is 2. The number of hydrogen-bond acceptors (Lipinski definition) is 8. The molecule has 4 aliphatic rings. The zero-order valence-corrected chi connectivity index (χ0v) is 24.1. The summed E-state index contributed by atoms with van der Waals surface area (Å²) in [5, 5.41) is 21.7. The van der Waals surface area contributed by atoms with Crippen LogP contribution in [0.2, 0.25) is 0 Å². The topological polar surface area (TPSA) is 109 Å². The average molecular weight is 568 g/mol. The minimum Gasteiger partial charge on any atom is -0.465 e. The standard InChI is InChI=1S/C32H37N7O3/c1-36-15-5-8-24(36)21-42-30-34-27-20-39(28-10-4-7-22-6-2-3-9-25(22)28)32(12-13-32)18-26(27)29(35-30)37-16-17-38(31(40)41)23(19-37)11-14-33/h2-4,6-7,9-10,23-24H,5,8,11-13,15-21H2,1H3,(H,40,41)/t23?,24-/m0/s1. The van der Waals surface area contributed by atoms with Crippen LogP contribution in [0, 0.1) is 11.3 Å². The first-order chi connectivity index (χ1) is 20.5. The van der Waals surface area contributed by atoms with E-state index in [9.17, 15) is 15.2 Å². The van der Waals surface area contributed by atoms with E-state index in [-0.39, 0.29) is 12.0 Å². The molecule has 2 aromatic carbocycles. The quantitative estimate of drug-likeness (QED) is 0.467. The Balaban J connectivity index is 1.26. The minimum atomic E-state index is -0.980. The molecule has 1 unspecified atom stereocenters. The summed E-state index contributed by atoms with van der Waals surface area (Å²) in [7, 11) is 2.13. The van der Waals surface area contributed by atoms with Crippen LogP contribution in [0.5, 0.6) is 6.01 Å². The lowest BCUT2D eigenvalue weighted by atomic mass is 9.93. The Morgan fingerprint density at radius 3 is 2.71 bits per heavy atom. The highest BCUT2D eigenvalue weighted by molar-refractivity contribution is 5.95. The number of benzene rings is 2. The number of nitrogens with zero attached hydrogens (tertiary/aromatic N) is 7. The second-order valence-corrected chi connectivity index (χ2v) is 12.3. The van der Waals surface area contributed by atoms with Crippen LogP contribution in [0.15, 0.2) is 42.5 Å². The van der Waals surface area contributed by atoms with Crippen LogP contribution in [-0.4, -0.2) is 88.4 Å². The minimum absolute atomic E-state index is 0.0130. The lowest BCUT2D eigenvalue weighted by molar-refractivity contribution is 0.119. The number of carboxylic acid groups (broad SMARTS) is 1. The molecule has 1 saturated carbocycles. The molecule has 1 spiro atoms. The van der Waals surface area contributed by atoms with E-state index in [1.165, 1.54) is 21.4 Å². The maximum Gasteiger partial charge on any atom is 0.407 e. The van der Waals surface area contributed by atoms with E-state index in [1.807, 2.05) is 0 Å². The van der Waals surface area contributed by atoms with Crippen molar-refractivity contribution in [2.75, 3.05) is 49.6 Å². The molecule has 2 saturated heterocycles. The predicted molar refractivity (Wildman–Crippen MR) is 160 cm³/mol. The molecule has 0 bridgehead atoms. The lowest BCUT2D eigenvalue weighted by Crippen LogP contribution is -2.55. The molecule has 42 heavy (non-hydrogen) atoms. The van der Waals surface area contributed by atoms with Crippen LogP contribution in [0.3, 0.4) is 0 Å². The van der Waals surface area contributed by atoms with E-state index >= 15 is 0 Å². The Bertz CT molecular complexity index is 1550. The molecule has 7 rings (SSSR count). The summed E-state index contributed by atoms with van der Waals surface area (Å²) in [6.45, 7) is 3.54. The van der Waals surface area contributed by atoms with Crippen LogP contribution in [0.4, 0.5) is 16.3 Å². The normalized spacial score (nSPS) is 23.2. The molecule has 1 N–H and O–H groups in total. The number of piperazine rings is 1. The molecule has 2 atom stereocenters. The molecule has 10 nitrogen and oxygen atoms in total. The Morgan fingerprint density at radius 2 is 1.95 bits per heavy atom. The Morgan fingerprint density at radius 1 is 1.12 bits per heavy atom. The first-order valence-electron chi connectivity index (χ1n) is 15.1. The van der Waals surface area contributed by atoms with E-state index in [0.29, 0.717) is 44.8 Å². The van der Waals surface area contributed by atoms with E-state index in [2.05, 4.69) is 70.3 Å². The molecule has 218 valence electrons. The molecule has 1 aromatic heterocycles. The smallest absolute Gasteiger partial charge is 0.407 e. The summed E-state index contributed by atoms with van der Waals surface area (Å²) in [5.74, 6) is 0.839. The molecule has 3 aromatic rings. The highest BCUT2D eigenvalue weighted by atomic mass is 16.5. The van der Waals surface area contributed by atoms with E-state index in [0.717, 1.165) is 55.7 Å². The Hall–Kier alpha value is -4.10. The van der Waals surface area contributed by atoms with E-state index in [4.69, 9.17) is 14.7 Å². The van der Waals surface area contributed by atoms with Gasteiger partial charge in [0.25, 0.3) is 0 Å². The number of likely N-dealkylation sites (N-methyl/N-ethyl adjacent to an activating group) is 1. The van der Waals surface area contributed by atoms with Crippen molar-refractivity contribution < 1.29 is 14.6 Å². The van der Waals surface area contributed by atoms with Crippen molar-refractivity contribution in [1.82, 2.24) is 19.8 Å². The third kappa shape index (κ3) is 4.75. The SMILES string of the molecule is CN1CCC[C@H]1COc1nc2c(c(N3CCN(C(=O)O)C(CC#N)C3)n1)CC1(CC1)N(c1cccc3ccccc13)C2. The van der Waals surface area contributed by atoms with Crippen LogP contribution >= 0.6 is 0 Å². The number of anilines is 2. The van der Waals surface area contributed by atoms with Crippen molar-refractivity contribution in [2.24, 2.45) is 0 Å². The van der Waals surface area contributed by atoms with Crippen molar-refractivity contribution in [3.05, 3.63) is 53.7 Å². The van der Waals surface area contributed by atoms with Gasteiger partial charge >= 0.3 is 12.1 Å². The van der Waals surface area contributed by atoms with Crippen LogP contribution in [0.1, 0.15) is 43.4 Å². The van der Waals surface area contributed by atoms with Gasteiger partial charge < -0.3 is 29.4 Å². The number of nitriles is 1. The molecule has 3 fully saturated rings. The summed E-state index contributed by atoms with van der Waals surface area (Å²) in [6.07, 6.45) is 4.46. The molecule has 3 aliphatic heterocycles. The monoisotopic (exact) mass is 567 g/mol. The van der Waals surface area contributed by atoms with Crippen LogP contribution in [-0.2, 0) is 13.0 Å². The number of likely N-dealkylation sites (tertiary alicyclic amines) is 1. The van der Waals surface area contributed by atoms with Gasteiger partial charge in [-0.05, 0) is 50.7 Å². The van der Waals surface area contributed by atoms with Crippen molar-refractivity contribution in [3.8, 4) is 12.1 Å². The highest BCUT2D eigenvalue weighted by Crippen LogP contribution is 2.52. The third-order valence-electron chi connectivity index (χ3n) is 9.75. The van der Waals surface area contributed by atoms with Crippen molar-refractivity contribution in [2.45, 2.75) is 62.7 Å². The maximum absolute atomic E-state index is 11.9. The largest absolute Gasteiger partial charge is 0.465 e. The zero-order chi connectivity index (χ0) is 28.8. The first-order valence-corrected chi connectivity index (χ1v) is 15.1. The average Bonchev–Trinajstić information content (AvgIpc) is 3.64. The third-order valence-corrected chi connectivity index (χ3v) is 9.75. The number of carbonyl (C=O) groups is 1. The number of hydrogen-bond donors (Lipinski definition) is 1. The van der Waals surface area contributed by atoms with Gasteiger partial charge in [-0.15, -0.1) is 0 Å². The van der Waals surface area contributed by atoms with Gasteiger partial charge in [0.1, 0.15) is 12.4 Å². The lowest BCUT2D eigenvalue weighted by Gasteiger charge is -2.43. The van der Waals surface area contributed by atoms with Gasteiger partial charge in [0.05, 0.1) is 30.8 Å². The van der Waals surface area contributed by atoms with Crippen LogP contribution in [0.25, 0.3) is 10.8 Å². The van der Waals surface area contributed by atoms with Gasteiger partial charge in [0.2, 0.25) is 0 Å². The van der Waals surface area contributed by atoms with Gasteiger partial charge in [-0.3, -0.25) is 0 Å². The molecular weight excluding hydrogens is 530 g/mol. The van der Waals surface area contributed by atoms with Gasteiger partial charge in [0.15, 0.2) is 0 Å². The Labute approximate surface area is 246 Å². The van der Waals surface area contributed by atoms with Gasteiger partial charge in [-0.25, -0.2) is 4.79 Å². The fourth-order valence-corrected chi connectivity index (χ4v) is 7.19. The number of ether oxygens (including phenoxy) is 1. The summed E-state index contributed by atoms with van der Waals surface area (Å²) in [4.78, 5) is 30.4. The molecule has 1 amide bonds. The van der Waals surface area contributed by atoms with Crippen molar-refractivity contribution in [3.63, 3.8) is 0 Å². The number of aromatic nitrogens is 2. The second kappa shape index (κ2) is 10.6. The first kappa shape index (κ1) is 26.8. The van der Waals surface area contributed by atoms with E-state index < -0.39 is 12.1 Å². The summed E-state index contributed by atoms with van der Waals surface area (Å²) in [5.41, 5.74) is 3.35. The fraction of sp³-hybridized carbons (Fsp3) is 0.500. The fourth-order valence-electron chi connectivity index (χ4n) is 7.19. The molecule has 4 heterocycles. The number of amides is 1. The van der Waals surface area contributed by atoms with Gasteiger partial charge in [-0.2, -0.15) is 15.2 Å². The molecule has 1 aliphatic carbocycles. The molecular formula is C32H37N7O3. The number of rotatable bonds is 6. The maximum atomic E-state index is 11.9. The van der Waals surface area contributed by atoms with Crippen LogP contribution < -0.4 is 14.5 Å². The summed E-state index contributed by atoms with van der Waals surface area (Å²) < 4.78 is 6.30. The summed E-state index contributed by atoms with van der Waals surface area (Å²) >= 11 is 0. The highest BCUT2D eigenvalue weighted by Gasteiger charge is 2.52. The Kier molecular flexibility index (Phi) is 6.77. The predicted octanol–water partition coefficient (Wildman–Crippen LogP) is 4.28.